The molecule has 3 nitrogen and oxygen atoms in total. The van der Waals surface area contributed by atoms with Gasteiger partial charge in [-0.2, -0.15) is 13.2 Å². The highest BCUT2D eigenvalue weighted by Crippen LogP contribution is 2.35. The molecule has 0 unspecified atom stereocenters. The third kappa shape index (κ3) is 3.93. The summed E-state index contributed by atoms with van der Waals surface area (Å²) >= 11 is 2.78. The van der Waals surface area contributed by atoms with E-state index >= 15 is 0 Å². The summed E-state index contributed by atoms with van der Waals surface area (Å²) in [5.41, 5.74) is 0.408. The lowest BCUT2D eigenvalue weighted by Crippen LogP contribution is -2.07. The molecule has 0 radical (unpaired) electrons. The number of fused-ring (bicyclic) bond motifs is 1. The Morgan fingerprint density at radius 1 is 1.00 bits per heavy atom. The fraction of sp³-hybridized carbons (Fsp3) is 0.100. The normalized spacial score (nSPS) is 11.7. The van der Waals surface area contributed by atoms with Crippen molar-refractivity contribution in [3.05, 3.63) is 76.7 Å². The van der Waals surface area contributed by atoms with Crippen LogP contribution >= 0.6 is 22.7 Å². The second-order valence-corrected chi connectivity index (χ2v) is 8.04. The van der Waals surface area contributed by atoms with Gasteiger partial charge in [0.25, 0.3) is 0 Å². The van der Waals surface area contributed by atoms with Gasteiger partial charge < -0.3 is 4.74 Å². The molecular formula is C20H12F3NO2S2. The van der Waals surface area contributed by atoms with E-state index in [1.54, 1.807) is 12.1 Å². The molecule has 0 aliphatic rings. The lowest BCUT2D eigenvalue weighted by atomic mass is 10.1. The van der Waals surface area contributed by atoms with Crippen LogP contribution in [0.5, 0.6) is 0 Å². The van der Waals surface area contributed by atoms with Crippen LogP contribution in [0.1, 0.15) is 20.8 Å². The number of ether oxygens (including phenoxy) is 1. The Morgan fingerprint density at radius 2 is 1.82 bits per heavy atom. The van der Waals surface area contributed by atoms with Gasteiger partial charge in [0.1, 0.15) is 16.5 Å². The predicted octanol–water partition coefficient (Wildman–Crippen LogP) is 6.40. The monoisotopic (exact) mass is 419 g/mol. The number of nitrogens with zero attached hydrogens (tertiary/aromatic N) is 1. The van der Waals surface area contributed by atoms with Crippen molar-refractivity contribution < 1.29 is 22.7 Å². The number of hydrogen-bond acceptors (Lipinski definition) is 5. The highest BCUT2D eigenvalue weighted by Gasteiger charge is 2.30. The van der Waals surface area contributed by atoms with Crippen molar-refractivity contribution in [2.24, 2.45) is 0 Å². The fourth-order valence-corrected chi connectivity index (χ4v) is 4.52. The van der Waals surface area contributed by atoms with E-state index in [4.69, 9.17) is 4.74 Å². The second-order valence-electron chi connectivity index (χ2n) is 5.92. The smallest absolute Gasteiger partial charge is 0.416 e. The Hall–Kier alpha value is -2.71. The molecule has 0 saturated heterocycles. The molecule has 0 saturated carbocycles. The quantitative estimate of drug-likeness (QED) is 0.359. The van der Waals surface area contributed by atoms with Crippen LogP contribution in [0, 0.1) is 0 Å². The Kier molecular flexibility index (Phi) is 4.91. The predicted molar refractivity (Wildman–Crippen MR) is 103 cm³/mol. The maximum atomic E-state index is 12.8. The number of rotatable bonds is 4. The lowest BCUT2D eigenvalue weighted by molar-refractivity contribution is -0.137. The van der Waals surface area contributed by atoms with Crippen LogP contribution in [0.25, 0.3) is 20.1 Å². The highest BCUT2D eigenvalue weighted by atomic mass is 32.1. The van der Waals surface area contributed by atoms with Crippen LogP contribution in [0.3, 0.4) is 0 Å². The van der Waals surface area contributed by atoms with E-state index in [1.165, 1.54) is 34.8 Å². The number of halogens is 3. The van der Waals surface area contributed by atoms with Gasteiger partial charge >= 0.3 is 12.1 Å². The third-order valence-electron chi connectivity index (χ3n) is 3.94. The average molecular weight is 419 g/mol. The molecule has 4 rings (SSSR count). The van der Waals surface area contributed by atoms with Crippen molar-refractivity contribution in [3.63, 3.8) is 0 Å². The Bertz CT molecular complexity index is 1110. The summed E-state index contributed by atoms with van der Waals surface area (Å²) in [5, 5.41) is 0.808. The van der Waals surface area contributed by atoms with Crippen LogP contribution in [0.4, 0.5) is 13.2 Å². The number of esters is 1. The van der Waals surface area contributed by atoms with Crippen molar-refractivity contribution in [1.82, 2.24) is 4.98 Å². The second kappa shape index (κ2) is 7.37. The summed E-state index contributed by atoms with van der Waals surface area (Å²) in [4.78, 5) is 18.0. The molecular weight excluding hydrogens is 407 g/mol. The first kappa shape index (κ1) is 18.6. The number of aromatic nitrogens is 1. The Morgan fingerprint density at radius 3 is 2.61 bits per heavy atom. The summed E-state index contributed by atoms with van der Waals surface area (Å²) in [6.45, 7) is -0.225. The van der Waals surface area contributed by atoms with Gasteiger partial charge in [0.2, 0.25) is 0 Å². The first-order chi connectivity index (χ1) is 13.4. The fourth-order valence-electron chi connectivity index (χ4n) is 2.60. The van der Waals surface area contributed by atoms with Crippen LogP contribution in [0.15, 0.2) is 60.7 Å². The zero-order chi connectivity index (χ0) is 19.7. The maximum absolute atomic E-state index is 12.8. The Balaban J connectivity index is 1.46. The van der Waals surface area contributed by atoms with Crippen LogP contribution in [-0.2, 0) is 17.5 Å². The summed E-state index contributed by atoms with van der Waals surface area (Å²) < 4.78 is 44.5. The van der Waals surface area contributed by atoms with Crippen molar-refractivity contribution in [1.29, 1.82) is 0 Å². The molecule has 0 bridgehead atoms. The van der Waals surface area contributed by atoms with Crippen LogP contribution in [0.2, 0.25) is 0 Å². The average Bonchev–Trinajstić information content (AvgIpc) is 3.32. The van der Waals surface area contributed by atoms with Gasteiger partial charge in [0.05, 0.1) is 20.7 Å². The number of hydrogen-bond donors (Lipinski definition) is 0. The largest absolute Gasteiger partial charge is 0.457 e. The maximum Gasteiger partial charge on any atom is 0.416 e. The number of thiazole rings is 1. The molecule has 0 amide bonds. The minimum absolute atomic E-state index is 0.225. The van der Waals surface area contributed by atoms with Crippen molar-refractivity contribution in [3.8, 4) is 9.88 Å². The van der Waals surface area contributed by atoms with Crippen molar-refractivity contribution >= 4 is 38.9 Å². The molecule has 0 N–H and O–H groups in total. The molecule has 142 valence electrons. The van der Waals surface area contributed by atoms with Gasteiger partial charge in [-0.05, 0) is 42.0 Å². The summed E-state index contributed by atoms with van der Waals surface area (Å²) in [6, 6.07) is 15.9. The first-order valence-corrected chi connectivity index (χ1v) is 9.82. The standard InChI is InChI=1S/C20H12F3NO2S2/c21-20(22,23)13-5-3-4-12(10-13)11-26-19(25)17-9-8-16(27-17)18-24-14-6-1-2-7-15(14)28-18/h1-10H,11H2. The van der Waals surface area contributed by atoms with E-state index in [1.807, 2.05) is 24.3 Å². The Labute approximate surface area is 166 Å². The van der Waals surface area contributed by atoms with Crippen molar-refractivity contribution in [2.75, 3.05) is 0 Å². The van der Waals surface area contributed by atoms with Crippen LogP contribution < -0.4 is 0 Å². The number of benzene rings is 2. The van der Waals surface area contributed by atoms with E-state index < -0.39 is 17.7 Å². The summed E-state index contributed by atoms with van der Waals surface area (Å²) in [5.74, 6) is -0.574. The van der Waals surface area contributed by atoms with Crippen LogP contribution in [-0.4, -0.2) is 11.0 Å². The van der Waals surface area contributed by atoms with Gasteiger partial charge in [-0.25, -0.2) is 9.78 Å². The van der Waals surface area contributed by atoms with E-state index in [-0.39, 0.29) is 12.2 Å². The molecule has 2 heterocycles. The van der Waals surface area contributed by atoms with E-state index in [0.717, 1.165) is 32.2 Å². The highest BCUT2D eigenvalue weighted by molar-refractivity contribution is 7.26. The zero-order valence-electron chi connectivity index (χ0n) is 14.2. The molecule has 2 aromatic carbocycles. The molecule has 0 spiro atoms. The third-order valence-corrected chi connectivity index (χ3v) is 6.21. The van der Waals surface area contributed by atoms with Crippen molar-refractivity contribution in [2.45, 2.75) is 12.8 Å². The number of carbonyl (C=O) groups excluding carboxylic acids is 1. The topological polar surface area (TPSA) is 39.2 Å². The molecule has 0 aliphatic heterocycles. The molecule has 0 atom stereocenters. The number of alkyl halides is 3. The number of para-hydroxylation sites is 1. The van der Waals surface area contributed by atoms with E-state index in [9.17, 15) is 18.0 Å². The molecule has 0 aliphatic carbocycles. The minimum atomic E-state index is -4.43. The number of thiophene rings is 1. The van der Waals surface area contributed by atoms with Gasteiger partial charge in [-0.1, -0.05) is 24.3 Å². The first-order valence-electron chi connectivity index (χ1n) is 8.19. The van der Waals surface area contributed by atoms with Gasteiger partial charge in [0, 0.05) is 0 Å². The van der Waals surface area contributed by atoms with E-state index in [2.05, 4.69) is 4.98 Å². The SMILES string of the molecule is O=C(OCc1cccc(C(F)(F)F)c1)c1ccc(-c2nc3ccccc3s2)s1. The summed E-state index contributed by atoms with van der Waals surface area (Å²) in [7, 11) is 0. The summed E-state index contributed by atoms with van der Waals surface area (Å²) in [6.07, 6.45) is -4.43. The lowest BCUT2D eigenvalue weighted by Gasteiger charge is -2.09. The van der Waals surface area contributed by atoms with Gasteiger partial charge in [0.15, 0.2) is 0 Å². The number of carbonyl (C=O) groups is 1. The molecule has 2 aromatic heterocycles. The molecule has 4 aromatic rings. The van der Waals surface area contributed by atoms with E-state index in [0.29, 0.717) is 4.88 Å². The van der Waals surface area contributed by atoms with Gasteiger partial charge in [-0.3, -0.25) is 0 Å². The molecule has 0 fully saturated rings. The van der Waals surface area contributed by atoms with Gasteiger partial charge in [-0.15, -0.1) is 22.7 Å². The zero-order valence-corrected chi connectivity index (χ0v) is 15.8. The minimum Gasteiger partial charge on any atom is -0.457 e. The molecule has 28 heavy (non-hydrogen) atoms. The molecule has 8 heteroatoms.